The number of amides is 1. The first kappa shape index (κ1) is 17.7. The maximum atomic E-state index is 12.5. The lowest BCUT2D eigenvalue weighted by atomic mass is 10.1. The number of anilines is 1. The minimum Gasteiger partial charge on any atom is -0.497 e. The number of ether oxygens (including phenoxy) is 1. The highest BCUT2D eigenvalue weighted by molar-refractivity contribution is 5.96. The molecule has 0 radical (unpaired) electrons. The van der Waals surface area contributed by atoms with E-state index < -0.39 is 12.1 Å². The van der Waals surface area contributed by atoms with Gasteiger partial charge in [0, 0.05) is 24.2 Å². The number of alkyl halides is 3. The third-order valence-corrected chi connectivity index (χ3v) is 3.83. The van der Waals surface area contributed by atoms with Crippen LogP contribution in [0.2, 0.25) is 0 Å². The van der Waals surface area contributed by atoms with Crippen molar-refractivity contribution in [2.24, 2.45) is 0 Å². The van der Waals surface area contributed by atoms with Crippen molar-refractivity contribution in [3.05, 3.63) is 48.7 Å². The number of carbonyl (C=O) groups excluding carboxylic acids is 1. The highest BCUT2D eigenvalue weighted by Crippen LogP contribution is 2.26. The van der Waals surface area contributed by atoms with Crippen LogP contribution < -0.4 is 9.64 Å². The molecule has 0 aliphatic rings. The van der Waals surface area contributed by atoms with Gasteiger partial charge in [0.2, 0.25) is 0 Å². The Kier molecular flexibility index (Phi) is 4.50. The van der Waals surface area contributed by atoms with Crippen LogP contribution >= 0.6 is 0 Å². The summed E-state index contributed by atoms with van der Waals surface area (Å²) < 4.78 is 42.6. The van der Waals surface area contributed by atoms with E-state index in [-0.39, 0.29) is 5.82 Å². The maximum Gasteiger partial charge on any atom is 0.471 e. The smallest absolute Gasteiger partial charge is 0.471 e. The summed E-state index contributed by atoms with van der Waals surface area (Å²) >= 11 is 0. The van der Waals surface area contributed by atoms with Gasteiger partial charge in [-0.2, -0.15) is 13.2 Å². The first-order valence-electron chi connectivity index (χ1n) is 7.55. The van der Waals surface area contributed by atoms with E-state index in [1.54, 1.807) is 25.3 Å². The lowest BCUT2D eigenvalue weighted by Gasteiger charge is -2.17. The Hall–Kier alpha value is -3.16. The average Bonchev–Trinajstić information content (AvgIpc) is 2.65. The van der Waals surface area contributed by atoms with Crippen LogP contribution in [0, 0.1) is 0 Å². The van der Waals surface area contributed by atoms with Crippen LogP contribution in [0.15, 0.2) is 48.7 Å². The highest BCUT2D eigenvalue weighted by atomic mass is 19.4. The van der Waals surface area contributed by atoms with E-state index in [0.29, 0.717) is 16.2 Å². The molecule has 2 aromatic heterocycles. The zero-order valence-corrected chi connectivity index (χ0v) is 13.9. The first-order chi connectivity index (χ1) is 12.3. The Morgan fingerprint density at radius 2 is 1.88 bits per heavy atom. The molecule has 0 bridgehead atoms. The predicted octanol–water partition coefficient (Wildman–Crippen LogP) is 3.83. The summed E-state index contributed by atoms with van der Waals surface area (Å²) in [5.74, 6) is -1.35. The Balaban J connectivity index is 1.89. The fraction of sp³-hybridized carbons (Fsp3) is 0.167. The second-order valence-electron chi connectivity index (χ2n) is 5.52. The van der Waals surface area contributed by atoms with E-state index in [0.717, 1.165) is 23.7 Å². The van der Waals surface area contributed by atoms with Crippen molar-refractivity contribution in [2.75, 3.05) is 19.1 Å². The van der Waals surface area contributed by atoms with Crippen molar-refractivity contribution in [2.45, 2.75) is 6.18 Å². The molecule has 3 rings (SSSR count). The molecule has 3 aromatic rings. The Morgan fingerprint density at radius 1 is 1.12 bits per heavy atom. The molecule has 1 aromatic carbocycles. The number of rotatable bonds is 3. The molecule has 26 heavy (non-hydrogen) atoms. The number of methoxy groups -OCH3 is 1. The van der Waals surface area contributed by atoms with Crippen molar-refractivity contribution in [3.63, 3.8) is 0 Å². The standard InChI is InChI=1S/C18H14F3N3O2/c1-24(17(25)18(19,20)21)16-8-4-12(10-22-16)15-6-3-11-9-13(26-2)5-7-14(11)23-15/h3-10H,1-2H3. The largest absolute Gasteiger partial charge is 0.497 e. The summed E-state index contributed by atoms with van der Waals surface area (Å²) in [6.07, 6.45) is -3.57. The predicted molar refractivity (Wildman–Crippen MR) is 91.0 cm³/mol. The monoisotopic (exact) mass is 361 g/mol. The molecule has 0 atom stereocenters. The summed E-state index contributed by atoms with van der Waals surface area (Å²) in [5.41, 5.74) is 1.99. The van der Waals surface area contributed by atoms with Crippen molar-refractivity contribution in [1.82, 2.24) is 9.97 Å². The quantitative estimate of drug-likeness (QED) is 0.711. The Bertz CT molecular complexity index is 956. The molecule has 0 saturated heterocycles. The van der Waals surface area contributed by atoms with Gasteiger partial charge in [0.05, 0.1) is 18.3 Å². The number of nitrogens with zero attached hydrogens (tertiary/aromatic N) is 3. The SMILES string of the molecule is COc1ccc2nc(-c3ccc(N(C)C(=O)C(F)(F)F)nc3)ccc2c1. The van der Waals surface area contributed by atoms with Crippen LogP contribution in [0.3, 0.4) is 0 Å². The Morgan fingerprint density at radius 3 is 2.50 bits per heavy atom. The third-order valence-electron chi connectivity index (χ3n) is 3.83. The number of hydrogen-bond donors (Lipinski definition) is 0. The van der Waals surface area contributed by atoms with Crippen LogP contribution in [0.5, 0.6) is 5.75 Å². The minimum atomic E-state index is -4.95. The van der Waals surface area contributed by atoms with Gasteiger partial charge in [0.25, 0.3) is 0 Å². The van der Waals surface area contributed by atoms with Gasteiger partial charge in [-0.05, 0) is 36.4 Å². The molecule has 0 unspecified atom stereocenters. The molecule has 0 fully saturated rings. The molecule has 0 aliphatic carbocycles. The van der Waals surface area contributed by atoms with E-state index in [1.807, 2.05) is 18.2 Å². The van der Waals surface area contributed by atoms with Crippen LogP contribution in [0.1, 0.15) is 0 Å². The fourth-order valence-corrected chi connectivity index (χ4v) is 2.42. The van der Waals surface area contributed by atoms with Gasteiger partial charge in [-0.1, -0.05) is 6.07 Å². The average molecular weight is 361 g/mol. The molecular formula is C18H14F3N3O2. The number of aromatic nitrogens is 2. The minimum absolute atomic E-state index is 0.0957. The molecule has 8 heteroatoms. The van der Waals surface area contributed by atoms with E-state index in [9.17, 15) is 18.0 Å². The maximum absolute atomic E-state index is 12.5. The van der Waals surface area contributed by atoms with Gasteiger partial charge in [-0.3, -0.25) is 9.69 Å². The zero-order chi connectivity index (χ0) is 18.9. The van der Waals surface area contributed by atoms with Crippen LogP contribution in [-0.2, 0) is 4.79 Å². The van der Waals surface area contributed by atoms with Gasteiger partial charge in [0.1, 0.15) is 11.6 Å². The molecule has 2 heterocycles. The number of pyridine rings is 2. The summed E-state index contributed by atoms with van der Waals surface area (Å²) in [6.45, 7) is 0. The molecule has 0 spiro atoms. The lowest BCUT2D eigenvalue weighted by molar-refractivity contribution is -0.170. The van der Waals surface area contributed by atoms with Crippen molar-refractivity contribution >= 4 is 22.6 Å². The second kappa shape index (κ2) is 6.62. The van der Waals surface area contributed by atoms with E-state index in [4.69, 9.17) is 4.74 Å². The summed E-state index contributed by atoms with van der Waals surface area (Å²) in [4.78, 5) is 20.2. The molecule has 1 amide bonds. The molecule has 0 saturated carbocycles. The second-order valence-corrected chi connectivity index (χ2v) is 5.52. The number of carbonyl (C=O) groups is 1. The van der Waals surface area contributed by atoms with Crippen LogP contribution in [0.4, 0.5) is 19.0 Å². The Labute approximate surface area is 147 Å². The third kappa shape index (κ3) is 3.44. The highest BCUT2D eigenvalue weighted by Gasteiger charge is 2.42. The van der Waals surface area contributed by atoms with Crippen molar-refractivity contribution in [1.29, 1.82) is 0 Å². The summed E-state index contributed by atoms with van der Waals surface area (Å²) in [5, 5.41) is 0.896. The molecule has 0 aliphatic heterocycles. The van der Waals surface area contributed by atoms with Gasteiger partial charge < -0.3 is 4.74 Å². The summed E-state index contributed by atoms with van der Waals surface area (Å²) in [7, 11) is 2.61. The van der Waals surface area contributed by atoms with Gasteiger partial charge >= 0.3 is 12.1 Å². The fourth-order valence-electron chi connectivity index (χ4n) is 2.42. The molecule has 0 N–H and O–H groups in total. The lowest BCUT2D eigenvalue weighted by Crippen LogP contribution is -2.38. The number of fused-ring (bicyclic) bond motifs is 1. The molecule has 134 valence electrons. The van der Waals surface area contributed by atoms with Gasteiger partial charge in [-0.25, -0.2) is 9.97 Å². The topological polar surface area (TPSA) is 55.3 Å². The van der Waals surface area contributed by atoms with E-state index in [2.05, 4.69) is 9.97 Å². The first-order valence-corrected chi connectivity index (χ1v) is 7.55. The number of halogens is 3. The summed E-state index contributed by atoms with van der Waals surface area (Å²) in [6, 6.07) is 12.0. The molecular weight excluding hydrogens is 347 g/mol. The van der Waals surface area contributed by atoms with Gasteiger partial charge in [0.15, 0.2) is 0 Å². The van der Waals surface area contributed by atoms with Crippen molar-refractivity contribution in [3.8, 4) is 17.0 Å². The van der Waals surface area contributed by atoms with E-state index >= 15 is 0 Å². The normalized spacial score (nSPS) is 11.4. The van der Waals surface area contributed by atoms with Gasteiger partial charge in [-0.15, -0.1) is 0 Å². The van der Waals surface area contributed by atoms with Crippen molar-refractivity contribution < 1.29 is 22.7 Å². The zero-order valence-electron chi connectivity index (χ0n) is 13.9. The molecule has 5 nitrogen and oxygen atoms in total. The number of hydrogen-bond acceptors (Lipinski definition) is 4. The number of benzene rings is 1. The van der Waals surface area contributed by atoms with E-state index in [1.165, 1.54) is 12.3 Å². The van der Waals surface area contributed by atoms with Crippen LogP contribution in [0.25, 0.3) is 22.2 Å². The van der Waals surface area contributed by atoms with Crippen LogP contribution in [-0.4, -0.2) is 36.2 Å².